The van der Waals surface area contributed by atoms with Gasteiger partial charge in [-0.2, -0.15) is 0 Å². The summed E-state index contributed by atoms with van der Waals surface area (Å²) in [4.78, 5) is 38.0. The molecule has 0 saturated heterocycles. The highest BCUT2D eigenvalue weighted by Gasteiger charge is 2.19. The molecule has 0 aromatic heterocycles. The smallest absolute Gasteiger partial charge is 0.306 e. The number of rotatable bonds is 62. The van der Waals surface area contributed by atoms with Gasteiger partial charge in [0.25, 0.3) is 0 Å². The Morgan fingerprint density at radius 2 is 0.468 bits per heavy atom. The Labute approximate surface area is 479 Å². The van der Waals surface area contributed by atoms with Gasteiger partial charge in [-0.15, -0.1) is 0 Å². The Kier molecular flexibility index (Phi) is 63.2. The van der Waals surface area contributed by atoms with E-state index in [2.05, 4.69) is 81.5 Å². The van der Waals surface area contributed by atoms with Crippen LogP contribution in [0.15, 0.2) is 60.8 Å². The largest absolute Gasteiger partial charge is 0.462 e. The number of esters is 3. The zero-order valence-electron chi connectivity index (χ0n) is 51.5. The lowest BCUT2D eigenvalue weighted by molar-refractivity contribution is -0.167. The highest BCUT2D eigenvalue weighted by Crippen LogP contribution is 2.17. The van der Waals surface area contributed by atoms with E-state index >= 15 is 0 Å². The van der Waals surface area contributed by atoms with Crippen LogP contribution in [0, 0.1) is 0 Å². The third-order valence-corrected chi connectivity index (χ3v) is 15.0. The predicted molar refractivity (Wildman–Crippen MR) is 335 cm³/mol. The van der Waals surface area contributed by atoms with E-state index in [9.17, 15) is 14.4 Å². The first-order valence-corrected chi connectivity index (χ1v) is 33.8. The van der Waals surface area contributed by atoms with E-state index in [1.54, 1.807) is 0 Å². The summed E-state index contributed by atoms with van der Waals surface area (Å²) >= 11 is 0. The van der Waals surface area contributed by atoms with Crippen molar-refractivity contribution in [3.8, 4) is 0 Å². The van der Waals surface area contributed by atoms with Crippen molar-refractivity contribution in [3.63, 3.8) is 0 Å². The van der Waals surface area contributed by atoms with Gasteiger partial charge in [-0.1, -0.05) is 306 Å². The average Bonchev–Trinajstić information content (AvgIpc) is 3.43. The highest BCUT2D eigenvalue weighted by atomic mass is 16.6. The molecule has 1 atom stereocenters. The predicted octanol–water partition coefficient (Wildman–Crippen LogP) is 23.1. The van der Waals surface area contributed by atoms with Gasteiger partial charge in [0, 0.05) is 19.3 Å². The van der Waals surface area contributed by atoms with Crippen LogP contribution in [0.1, 0.15) is 355 Å². The van der Waals surface area contributed by atoms with Crippen LogP contribution in [0.25, 0.3) is 0 Å². The molecule has 448 valence electrons. The monoisotopic (exact) mass is 1080 g/mol. The third kappa shape index (κ3) is 63.8. The Bertz CT molecular complexity index is 1380. The maximum Gasteiger partial charge on any atom is 0.306 e. The van der Waals surface area contributed by atoms with E-state index in [4.69, 9.17) is 14.2 Å². The summed E-state index contributed by atoms with van der Waals surface area (Å²) in [6.07, 6.45) is 84.4. The van der Waals surface area contributed by atoms with Crippen molar-refractivity contribution in [2.75, 3.05) is 13.2 Å². The number of hydrogen-bond donors (Lipinski definition) is 0. The SMILES string of the molecule is CCCCCCC/C=C\C/C=C\C/C=C\CCCCCCCCCCCCCCCCCCC(=O)OCC(COC(=O)CCCCCCC)OC(=O)CCCCCCCCCCCCC/C=C\C/C=C\CCCCCCC. The first kappa shape index (κ1) is 74.1. The van der Waals surface area contributed by atoms with Gasteiger partial charge in [0.1, 0.15) is 13.2 Å². The van der Waals surface area contributed by atoms with Crippen molar-refractivity contribution in [1.29, 1.82) is 0 Å². The summed E-state index contributed by atoms with van der Waals surface area (Å²) in [5.41, 5.74) is 0. The molecular weight excluding hydrogens is 949 g/mol. The zero-order chi connectivity index (χ0) is 55.7. The van der Waals surface area contributed by atoms with Gasteiger partial charge in [-0.3, -0.25) is 14.4 Å². The number of allylic oxidation sites excluding steroid dienone is 10. The molecule has 0 saturated carbocycles. The van der Waals surface area contributed by atoms with E-state index in [1.807, 2.05) is 0 Å². The van der Waals surface area contributed by atoms with Gasteiger partial charge in [0.2, 0.25) is 0 Å². The number of carbonyl (C=O) groups is 3. The van der Waals surface area contributed by atoms with Gasteiger partial charge in [0.15, 0.2) is 6.10 Å². The molecule has 6 heteroatoms. The van der Waals surface area contributed by atoms with E-state index in [0.29, 0.717) is 19.3 Å². The van der Waals surface area contributed by atoms with Gasteiger partial charge in [-0.05, 0) is 89.9 Å². The Morgan fingerprint density at radius 3 is 0.727 bits per heavy atom. The summed E-state index contributed by atoms with van der Waals surface area (Å²) in [5, 5.41) is 0. The average molecular weight is 1080 g/mol. The van der Waals surface area contributed by atoms with Crippen molar-refractivity contribution in [2.24, 2.45) is 0 Å². The van der Waals surface area contributed by atoms with Crippen LogP contribution in [-0.2, 0) is 28.6 Å². The fraction of sp³-hybridized carbons (Fsp3) is 0.817. The summed E-state index contributed by atoms with van der Waals surface area (Å²) in [6.45, 7) is 6.58. The van der Waals surface area contributed by atoms with Crippen LogP contribution in [-0.4, -0.2) is 37.2 Å². The van der Waals surface area contributed by atoms with Crippen molar-refractivity contribution >= 4 is 17.9 Å². The van der Waals surface area contributed by atoms with Gasteiger partial charge >= 0.3 is 17.9 Å². The van der Waals surface area contributed by atoms with Gasteiger partial charge in [-0.25, -0.2) is 0 Å². The molecule has 0 radical (unpaired) electrons. The zero-order valence-corrected chi connectivity index (χ0v) is 51.5. The Balaban J connectivity index is 3.97. The lowest BCUT2D eigenvalue weighted by Gasteiger charge is -2.18. The topological polar surface area (TPSA) is 78.9 Å². The molecule has 0 aliphatic heterocycles. The normalized spacial score (nSPS) is 12.4. The molecule has 0 N–H and O–H groups in total. The fourth-order valence-electron chi connectivity index (χ4n) is 9.89. The minimum absolute atomic E-state index is 0.0720. The van der Waals surface area contributed by atoms with Crippen LogP contribution < -0.4 is 0 Å². The number of carbonyl (C=O) groups excluding carboxylic acids is 3. The molecule has 0 fully saturated rings. The van der Waals surface area contributed by atoms with E-state index < -0.39 is 6.10 Å². The molecule has 0 spiro atoms. The van der Waals surface area contributed by atoms with Crippen LogP contribution in [0.4, 0.5) is 0 Å². The quantitative estimate of drug-likeness (QED) is 0.0261. The van der Waals surface area contributed by atoms with Crippen molar-refractivity contribution < 1.29 is 28.6 Å². The molecule has 77 heavy (non-hydrogen) atoms. The molecule has 0 bridgehead atoms. The fourth-order valence-corrected chi connectivity index (χ4v) is 9.89. The number of unbranched alkanes of at least 4 members (excludes halogenated alkanes) is 41. The minimum atomic E-state index is -0.771. The van der Waals surface area contributed by atoms with Crippen LogP contribution in [0.3, 0.4) is 0 Å². The van der Waals surface area contributed by atoms with Crippen molar-refractivity contribution in [1.82, 2.24) is 0 Å². The Morgan fingerprint density at radius 1 is 0.260 bits per heavy atom. The summed E-state index contributed by atoms with van der Waals surface area (Å²) in [5.74, 6) is -0.871. The van der Waals surface area contributed by atoms with E-state index in [0.717, 1.165) is 83.5 Å². The molecule has 6 nitrogen and oxygen atoms in total. The molecule has 0 amide bonds. The number of hydrogen-bond acceptors (Lipinski definition) is 6. The molecule has 0 aliphatic carbocycles. The van der Waals surface area contributed by atoms with E-state index in [1.165, 1.54) is 231 Å². The third-order valence-electron chi connectivity index (χ3n) is 15.0. The summed E-state index contributed by atoms with van der Waals surface area (Å²) in [6, 6.07) is 0. The summed E-state index contributed by atoms with van der Waals surface area (Å²) < 4.78 is 16.8. The standard InChI is InChI=1S/C71H128O6/c1-4-7-10-13-15-17-19-21-23-25-27-29-31-32-33-34-35-36-37-38-40-41-43-45-47-49-51-53-55-58-61-64-70(73)76-67-68(66-75-69(72)63-60-57-12-9-6-3)77-71(74)65-62-59-56-54-52-50-48-46-44-42-39-30-28-26-24-22-20-18-16-14-11-8-5-2/h19-22,25-28,31-32,68H,4-18,23-24,29-30,33-67H2,1-3H3/b21-19-,22-20-,27-25-,28-26-,32-31-. The van der Waals surface area contributed by atoms with Crippen LogP contribution in [0.5, 0.6) is 0 Å². The lowest BCUT2D eigenvalue weighted by atomic mass is 10.0. The first-order valence-electron chi connectivity index (χ1n) is 33.8. The molecule has 0 heterocycles. The Hall–Kier alpha value is -2.89. The molecule has 1 unspecified atom stereocenters. The van der Waals surface area contributed by atoms with Gasteiger partial charge < -0.3 is 14.2 Å². The van der Waals surface area contributed by atoms with Gasteiger partial charge in [0.05, 0.1) is 0 Å². The second-order valence-electron chi connectivity index (χ2n) is 22.7. The van der Waals surface area contributed by atoms with Crippen LogP contribution >= 0.6 is 0 Å². The number of ether oxygens (including phenoxy) is 3. The molecule has 0 aromatic carbocycles. The molecular formula is C71H128O6. The lowest BCUT2D eigenvalue weighted by Crippen LogP contribution is -2.30. The van der Waals surface area contributed by atoms with Crippen molar-refractivity contribution in [3.05, 3.63) is 60.8 Å². The maximum atomic E-state index is 12.8. The first-order chi connectivity index (χ1) is 38.0. The maximum absolute atomic E-state index is 12.8. The van der Waals surface area contributed by atoms with Crippen LogP contribution in [0.2, 0.25) is 0 Å². The molecule has 0 aliphatic rings. The summed E-state index contributed by atoms with van der Waals surface area (Å²) in [7, 11) is 0. The second kappa shape index (κ2) is 65.6. The highest BCUT2D eigenvalue weighted by molar-refractivity contribution is 5.71. The minimum Gasteiger partial charge on any atom is -0.462 e. The van der Waals surface area contributed by atoms with Crippen molar-refractivity contribution in [2.45, 2.75) is 361 Å². The van der Waals surface area contributed by atoms with E-state index in [-0.39, 0.29) is 31.1 Å². The molecule has 0 aromatic rings. The second-order valence-corrected chi connectivity index (χ2v) is 22.7. The molecule has 0 rings (SSSR count).